The minimum Gasteiger partial charge on any atom is -0.656 e. The number of aromatic carboxylic acids is 1. The summed E-state index contributed by atoms with van der Waals surface area (Å²) in [5.74, 6) is 14.9. The number of hydrogen-bond acceptors (Lipinski definition) is 6. The van der Waals surface area contributed by atoms with Crippen molar-refractivity contribution >= 4 is 58.0 Å². The van der Waals surface area contributed by atoms with Crippen LogP contribution in [0.5, 0.6) is 11.5 Å². The number of rotatable bonds is 20. The standard InChI is InChI=1S/C83H98N5O4.Zn/c1-17-19-21-23-25-27-49-88(50-28-26-24-22-20-18-2)60-37-31-56(32-38-60)34-40-62-69-43-47-73(86-69)75(58-51-63(80(3,4)5)77(91-15)64(52-58)81(6,7)8)71-45-41-67(84-71)61(39-33-55-29-35-57(36-30-55)79(89)90)68-42-46-72(85-68)76(74-48-44-70(62)87-74)59-53-65(82(9,10)11)78(92-16)66(54-59)83(12,13)14;/h29-32,35-38,41-48,51-54H,17-28,49-50H2,1-16H3,(H2-,84,85,86,87,89,90);/q-1;+2/p-1. The number of anilines is 1. The largest absolute Gasteiger partial charge is 2.00 e. The first-order valence-electron chi connectivity index (χ1n) is 33.6. The van der Waals surface area contributed by atoms with Crippen molar-refractivity contribution < 1.29 is 38.9 Å². The number of nitrogens with zero attached hydrogens (tertiary/aromatic N) is 5. The Morgan fingerprint density at radius 2 is 0.785 bits per heavy atom. The smallest absolute Gasteiger partial charge is 0.656 e. The molecular weight excluding hydrogens is 1200 g/mol. The summed E-state index contributed by atoms with van der Waals surface area (Å²) in [6, 6.07) is 32.7. The van der Waals surface area contributed by atoms with Gasteiger partial charge in [0.05, 0.1) is 42.6 Å². The van der Waals surface area contributed by atoms with Crippen LogP contribution < -0.4 is 24.3 Å². The molecule has 0 saturated heterocycles. The molecule has 93 heavy (non-hydrogen) atoms. The van der Waals surface area contributed by atoms with Gasteiger partial charge in [0.15, 0.2) is 0 Å². The second kappa shape index (κ2) is 30.4. The van der Waals surface area contributed by atoms with Crippen molar-refractivity contribution in [1.29, 1.82) is 0 Å². The molecule has 0 aliphatic carbocycles. The number of carbonyl (C=O) groups is 1. The van der Waals surface area contributed by atoms with E-state index in [-0.39, 0.29) is 46.7 Å². The van der Waals surface area contributed by atoms with Gasteiger partial charge in [0.2, 0.25) is 0 Å². The van der Waals surface area contributed by atoms with Crippen LogP contribution in [0.15, 0.2) is 97.1 Å². The van der Waals surface area contributed by atoms with Crippen molar-refractivity contribution in [3.05, 3.63) is 170 Å². The Hall–Kier alpha value is -7.91. The summed E-state index contributed by atoms with van der Waals surface area (Å²) in [4.78, 5) is 36.9. The van der Waals surface area contributed by atoms with Crippen LogP contribution in [0.2, 0.25) is 0 Å². The summed E-state index contributed by atoms with van der Waals surface area (Å²) in [6.45, 7) is 33.3. The number of benzene rings is 4. The van der Waals surface area contributed by atoms with Gasteiger partial charge in [0.25, 0.3) is 0 Å². The number of ether oxygens (including phenoxy) is 2. The zero-order valence-corrected chi connectivity index (χ0v) is 61.5. The molecule has 3 aromatic heterocycles. The minimum absolute atomic E-state index is 0. The van der Waals surface area contributed by atoms with Crippen LogP contribution in [-0.4, -0.2) is 48.4 Å². The van der Waals surface area contributed by atoms with Gasteiger partial charge in [0, 0.05) is 63.3 Å². The van der Waals surface area contributed by atoms with Crippen molar-refractivity contribution in [2.75, 3.05) is 32.2 Å². The zero-order valence-electron chi connectivity index (χ0n) is 58.6. The molecule has 9 nitrogen and oxygen atoms in total. The summed E-state index contributed by atoms with van der Waals surface area (Å²) < 4.78 is 12.6. The van der Waals surface area contributed by atoms with Gasteiger partial charge >= 0.3 is 25.4 Å². The third-order valence-electron chi connectivity index (χ3n) is 17.6. The third-order valence-corrected chi connectivity index (χ3v) is 17.6. The summed E-state index contributed by atoms with van der Waals surface area (Å²) in [6.07, 6.45) is 23.5. The number of hydrogen-bond donors (Lipinski definition) is 1. The van der Waals surface area contributed by atoms with Gasteiger partial charge in [-0.2, -0.15) is 0 Å². The van der Waals surface area contributed by atoms with Crippen LogP contribution in [0.1, 0.15) is 252 Å². The summed E-state index contributed by atoms with van der Waals surface area (Å²) in [5, 5.41) is 9.76. The molecule has 5 heterocycles. The van der Waals surface area contributed by atoms with E-state index in [1.54, 1.807) is 38.5 Å². The fourth-order valence-corrected chi connectivity index (χ4v) is 12.4. The maximum absolute atomic E-state index is 11.9. The van der Waals surface area contributed by atoms with Crippen molar-refractivity contribution in [1.82, 2.24) is 19.9 Å². The maximum Gasteiger partial charge on any atom is 2.00 e. The second-order valence-electron chi connectivity index (χ2n) is 29.0. The maximum atomic E-state index is 11.9. The van der Waals surface area contributed by atoms with Crippen LogP contribution in [0.3, 0.4) is 0 Å². The SMILES string of the molecule is CCCCCCCCN(CCCCCCCC)c1ccc(C#Cc2c3nc(c(-c4cc(C(C)(C)C)c(OC)c(C(C)(C)C)c4)c4ccc([n-]4)c(C#Cc4ccc(C(=O)O)cc4)c4nc(c(-c5cc(C(C)(C)C)c(OC)c(C(C)(C)C)c5)c5ccc2[n-]5)C=C4)C=C3)cc1.[Zn+2]. The number of carboxylic acid groups (broad SMARTS) is 1. The second-order valence-corrected chi connectivity index (χ2v) is 29.0. The zero-order chi connectivity index (χ0) is 66.1. The van der Waals surface area contributed by atoms with Crippen LogP contribution in [-0.2, 0) is 41.1 Å². The van der Waals surface area contributed by atoms with E-state index < -0.39 is 5.97 Å². The van der Waals surface area contributed by atoms with E-state index in [1.165, 1.54) is 82.7 Å². The van der Waals surface area contributed by atoms with Crippen molar-refractivity contribution in [3.63, 3.8) is 0 Å². The predicted molar refractivity (Wildman–Crippen MR) is 386 cm³/mol. The van der Waals surface area contributed by atoms with Gasteiger partial charge in [0.1, 0.15) is 11.5 Å². The summed E-state index contributed by atoms with van der Waals surface area (Å²) >= 11 is 0. The van der Waals surface area contributed by atoms with E-state index in [1.807, 2.05) is 12.1 Å². The molecular formula is C83H97N5O4Zn. The average molecular weight is 1290 g/mol. The van der Waals surface area contributed by atoms with Gasteiger partial charge in [-0.1, -0.05) is 209 Å². The molecule has 2 aliphatic rings. The average Bonchev–Trinajstić information content (AvgIpc) is 1.75. The third kappa shape index (κ3) is 17.1. The van der Waals surface area contributed by atoms with E-state index in [4.69, 9.17) is 29.4 Å². The number of fused-ring (bicyclic) bond motifs is 8. The molecule has 1 N–H and O–H groups in total. The van der Waals surface area contributed by atoms with E-state index in [0.717, 1.165) is 85.9 Å². The molecule has 8 bridgehead atoms. The van der Waals surface area contributed by atoms with E-state index in [9.17, 15) is 9.90 Å². The molecule has 0 amide bonds. The number of carboxylic acids is 1. The topological polar surface area (TPSA) is 113 Å². The normalized spacial score (nSPS) is 12.2. The monoisotopic (exact) mass is 1290 g/mol. The van der Waals surface area contributed by atoms with Crippen molar-refractivity contribution in [3.8, 4) is 57.4 Å². The molecule has 0 spiro atoms. The van der Waals surface area contributed by atoms with Gasteiger partial charge < -0.3 is 29.4 Å². The van der Waals surface area contributed by atoms with Crippen molar-refractivity contribution in [2.45, 2.75) is 196 Å². The number of methoxy groups -OCH3 is 2. The molecule has 9 rings (SSSR count). The fourth-order valence-electron chi connectivity index (χ4n) is 12.4. The van der Waals surface area contributed by atoms with Gasteiger partial charge in [-0.25, -0.2) is 14.8 Å². The molecule has 0 saturated carbocycles. The first-order chi connectivity index (χ1) is 43.8. The van der Waals surface area contributed by atoms with Gasteiger partial charge in [-0.3, -0.25) is 0 Å². The Kier molecular flexibility index (Phi) is 23.2. The van der Waals surface area contributed by atoms with Crippen LogP contribution >= 0.6 is 0 Å². The quantitative estimate of drug-likeness (QED) is 0.0453. The van der Waals surface area contributed by atoms with E-state index in [0.29, 0.717) is 50.3 Å². The Morgan fingerprint density at radius 1 is 0.452 bits per heavy atom. The minimum atomic E-state index is -1.00. The van der Waals surface area contributed by atoms with Gasteiger partial charge in [-0.05, 0) is 154 Å². The van der Waals surface area contributed by atoms with Crippen molar-refractivity contribution in [2.24, 2.45) is 0 Å². The summed E-state index contributed by atoms with van der Waals surface area (Å²) in [7, 11) is 3.53. The van der Waals surface area contributed by atoms with Gasteiger partial charge in [-0.15, -0.1) is 22.1 Å². The molecule has 4 aromatic carbocycles. The fraction of sp³-hybridized carbons (Fsp3) is 0.410. The molecule has 0 fully saturated rings. The van der Waals surface area contributed by atoms with Crippen LogP contribution in [0, 0.1) is 23.7 Å². The molecule has 0 unspecified atom stereocenters. The van der Waals surface area contributed by atoms with E-state index >= 15 is 0 Å². The number of aromatic nitrogens is 4. The molecule has 2 aliphatic heterocycles. The van der Waals surface area contributed by atoms with Crippen LogP contribution in [0.25, 0.3) is 68.6 Å². The Bertz CT molecular complexity index is 4020. The first kappa shape index (κ1) is 71.0. The number of unbranched alkanes of at least 4 members (excludes halogenated alkanes) is 10. The molecule has 0 atom stereocenters. The summed E-state index contributed by atoms with van der Waals surface area (Å²) in [5.41, 5.74) is 16.4. The molecule has 10 heteroatoms. The van der Waals surface area contributed by atoms with E-state index in [2.05, 4.69) is 210 Å². The molecule has 0 radical (unpaired) electrons. The van der Waals surface area contributed by atoms with Crippen LogP contribution in [0.4, 0.5) is 5.69 Å². The Balaban J connectivity index is 0.0000111. The first-order valence-corrected chi connectivity index (χ1v) is 33.6. The molecule has 480 valence electrons. The Labute approximate surface area is 568 Å². The Morgan fingerprint density at radius 3 is 1.13 bits per heavy atom. The molecule has 7 aromatic rings. The predicted octanol–water partition coefficient (Wildman–Crippen LogP) is 20.5.